The first-order valence-corrected chi connectivity index (χ1v) is 13.6. The smallest absolute Gasteiger partial charge is 0.259 e. The first-order valence-electron chi connectivity index (χ1n) is 11.9. The molecule has 2 atom stereocenters. The minimum atomic E-state index is -0.122. The average molecular weight is 491 g/mol. The highest BCUT2D eigenvalue weighted by molar-refractivity contribution is 7.99. The normalized spacial score (nSPS) is 18.7. The summed E-state index contributed by atoms with van der Waals surface area (Å²) in [6, 6.07) is 9.88. The van der Waals surface area contributed by atoms with Gasteiger partial charge in [-0.05, 0) is 62.6 Å². The Morgan fingerprint density at radius 1 is 1.24 bits per heavy atom. The maximum atomic E-state index is 13.0. The number of rotatable bonds is 5. The van der Waals surface area contributed by atoms with Crippen molar-refractivity contribution in [2.24, 2.45) is 5.92 Å². The third-order valence-electron chi connectivity index (χ3n) is 6.72. The predicted molar refractivity (Wildman–Crippen MR) is 138 cm³/mol. The molecule has 1 amide bonds. The second kappa shape index (κ2) is 8.50. The number of H-pyrrole nitrogens is 1. The van der Waals surface area contributed by atoms with Gasteiger partial charge >= 0.3 is 0 Å². The Morgan fingerprint density at radius 2 is 2.06 bits per heavy atom. The quantitative estimate of drug-likeness (QED) is 0.366. The zero-order valence-corrected chi connectivity index (χ0v) is 20.8. The van der Waals surface area contributed by atoms with E-state index in [9.17, 15) is 9.59 Å². The van der Waals surface area contributed by atoms with Crippen molar-refractivity contribution in [2.45, 2.75) is 62.3 Å². The molecule has 0 saturated heterocycles. The van der Waals surface area contributed by atoms with Gasteiger partial charge in [-0.1, -0.05) is 36.9 Å². The van der Waals surface area contributed by atoms with Gasteiger partial charge in [0.15, 0.2) is 0 Å². The molecule has 3 aromatic heterocycles. The summed E-state index contributed by atoms with van der Waals surface area (Å²) < 4.78 is 0. The van der Waals surface area contributed by atoms with E-state index < -0.39 is 0 Å². The summed E-state index contributed by atoms with van der Waals surface area (Å²) in [6.07, 6.45) is 5.19. The minimum Gasteiger partial charge on any atom is -0.349 e. The standard InChI is InChI=1S/C26H26N4O2S2/c1-13-7-10-17-20(11-13)34-26-22(17)25(32)29-23(30-26)14(2)33-21-12-18(24(31)27-15-8-9-15)16-5-3-4-6-19(16)28-21/h3-6,12-15H,7-11H2,1-2H3,(H,27,31)(H,29,30,32). The lowest BCUT2D eigenvalue weighted by Crippen LogP contribution is -2.25. The molecule has 0 aliphatic heterocycles. The van der Waals surface area contributed by atoms with Crippen LogP contribution < -0.4 is 10.9 Å². The van der Waals surface area contributed by atoms with Crippen LogP contribution >= 0.6 is 23.1 Å². The van der Waals surface area contributed by atoms with Crippen molar-refractivity contribution in [3.63, 3.8) is 0 Å². The molecule has 1 saturated carbocycles. The van der Waals surface area contributed by atoms with Gasteiger partial charge in [-0.3, -0.25) is 9.59 Å². The SMILES string of the molecule is CC1CCc2c(sc3nc(C(C)Sc4cc(C(=O)NC5CC5)c5ccccc5n4)[nH]c(=O)c23)C1. The van der Waals surface area contributed by atoms with Crippen LogP contribution in [-0.2, 0) is 12.8 Å². The molecule has 6 rings (SSSR count). The van der Waals surface area contributed by atoms with E-state index in [1.807, 2.05) is 37.3 Å². The van der Waals surface area contributed by atoms with Gasteiger partial charge < -0.3 is 10.3 Å². The molecule has 8 heteroatoms. The number of aromatic amines is 1. The van der Waals surface area contributed by atoms with Gasteiger partial charge in [0.1, 0.15) is 10.7 Å². The monoisotopic (exact) mass is 490 g/mol. The number of nitrogens with zero attached hydrogens (tertiary/aromatic N) is 2. The Balaban J connectivity index is 1.34. The van der Waals surface area contributed by atoms with Crippen LogP contribution in [0.15, 0.2) is 40.2 Å². The largest absolute Gasteiger partial charge is 0.349 e. The number of hydrogen-bond acceptors (Lipinski definition) is 6. The summed E-state index contributed by atoms with van der Waals surface area (Å²) in [4.78, 5) is 40.8. The van der Waals surface area contributed by atoms with Crippen molar-refractivity contribution >= 4 is 50.1 Å². The zero-order valence-electron chi connectivity index (χ0n) is 19.2. The number of hydrogen-bond donors (Lipinski definition) is 2. The van der Waals surface area contributed by atoms with Crippen molar-refractivity contribution in [1.29, 1.82) is 0 Å². The fourth-order valence-electron chi connectivity index (χ4n) is 4.69. The zero-order chi connectivity index (χ0) is 23.4. The average Bonchev–Trinajstić information content (AvgIpc) is 3.55. The number of para-hydroxylation sites is 1. The molecular formula is C26H26N4O2S2. The number of amides is 1. The summed E-state index contributed by atoms with van der Waals surface area (Å²) in [5.41, 5.74) is 2.58. The highest BCUT2D eigenvalue weighted by atomic mass is 32.2. The van der Waals surface area contributed by atoms with E-state index in [0.717, 1.165) is 58.2 Å². The first kappa shape index (κ1) is 21.8. The van der Waals surface area contributed by atoms with Gasteiger partial charge in [-0.25, -0.2) is 9.97 Å². The lowest BCUT2D eigenvalue weighted by molar-refractivity contribution is 0.0952. The maximum Gasteiger partial charge on any atom is 0.259 e. The van der Waals surface area contributed by atoms with Crippen molar-refractivity contribution in [1.82, 2.24) is 20.3 Å². The molecule has 2 unspecified atom stereocenters. The van der Waals surface area contributed by atoms with Gasteiger partial charge in [-0.15, -0.1) is 11.3 Å². The molecular weight excluding hydrogens is 464 g/mol. The van der Waals surface area contributed by atoms with Gasteiger partial charge in [-0.2, -0.15) is 0 Å². The topological polar surface area (TPSA) is 87.7 Å². The lowest BCUT2D eigenvalue weighted by atomic mass is 9.89. The Morgan fingerprint density at radius 3 is 2.88 bits per heavy atom. The summed E-state index contributed by atoms with van der Waals surface area (Å²) in [5, 5.41) is 5.34. The van der Waals surface area contributed by atoms with Gasteiger partial charge in [0.25, 0.3) is 11.5 Å². The third kappa shape index (κ3) is 4.03. The summed E-state index contributed by atoms with van der Waals surface area (Å²) in [5.74, 6) is 1.24. The molecule has 0 spiro atoms. The number of carbonyl (C=O) groups is 1. The minimum absolute atomic E-state index is 0.0459. The number of aromatic nitrogens is 3. The molecule has 4 aromatic rings. The van der Waals surface area contributed by atoms with Crippen LogP contribution in [0.2, 0.25) is 0 Å². The number of thioether (sulfide) groups is 1. The molecule has 2 aliphatic carbocycles. The van der Waals surface area contributed by atoms with E-state index in [0.29, 0.717) is 17.3 Å². The van der Waals surface area contributed by atoms with Gasteiger partial charge in [0.2, 0.25) is 0 Å². The maximum absolute atomic E-state index is 13.0. The van der Waals surface area contributed by atoms with Crippen LogP contribution in [-0.4, -0.2) is 26.9 Å². The van der Waals surface area contributed by atoms with Crippen LogP contribution in [0.1, 0.15) is 65.0 Å². The van der Waals surface area contributed by atoms with Crippen molar-refractivity contribution in [3.05, 3.63) is 62.5 Å². The molecule has 174 valence electrons. The van der Waals surface area contributed by atoms with E-state index in [1.165, 1.54) is 22.2 Å². The second-order valence-electron chi connectivity index (χ2n) is 9.52. The molecule has 2 aliphatic rings. The number of benzene rings is 1. The van der Waals surface area contributed by atoms with E-state index in [1.54, 1.807) is 11.3 Å². The van der Waals surface area contributed by atoms with Crippen LogP contribution in [0.25, 0.3) is 21.1 Å². The van der Waals surface area contributed by atoms with Crippen LogP contribution in [0.4, 0.5) is 0 Å². The summed E-state index contributed by atoms with van der Waals surface area (Å²) >= 11 is 3.18. The molecule has 0 radical (unpaired) electrons. The van der Waals surface area contributed by atoms with E-state index in [-0.39, 0.29) is 22.8 Å². The van der Waals surface area contributed by atoms with E-state index in [4.69, 9.17) is 9.97 Å². The van der Waals surface area contributed by atoms with E-state index in [2.05, 4.69) is 17.2 Å². The Kier molecular flexibility index (Phi) is 5.45. The highest BCUT2D eigenvalue weighted by Crippen LogP contribution is 2.38. The second-order valence-corrected chi connectivity index (χ2v) is 12.0. The van der Waals surface area contributed by atoms with Gasteiger partial charge in [0.05, 0.1) is 26.7 Å². The number of carbonyl (C=O) groups excluding carboxylic acids is 1. The Hall–Kier alpha value is -2.71. The highest BCUT2D eigenvalue weighted by Gasteiger charge is 2.26. The number of thiophene rings is 1. The molecule has 3 heterocycles. The fraction of sp³-hybridized carbons (Fsp3) is 0.385. The Labute approximate surface area is 205 Å². The van der Waals surface area contributed by atoms with Gasteiger partial charge in [0, 0.05) is 16.3 Å². The fourth-order valence-corrected chi connectivity index (χ4v) is 7.00. The Bertz CT molecular complexity index is 1490. The molecule has 2 N–H and O–H groups in total. The number of pyridine rings is 1. The van der Waals surface area contributed by atoms with E-state index >= 15 is 0 Å². The van der Waals surface area contributed by atoms with Crippen LogP contribution in [0.3, 0.4) is 0 Å². The molecule has 6 nitrogen and oxygen atoms in total. The molecule has 34 heavy (non-hydrogen) atoms. The molecule has 1 fully saturated rings. The number of aryl methyl sites for hydroxylation is 1. The summed E-state index contributed by atoms with van der Waals surface area (Å²) in [6.45, 7) is 4.29. The lowest BCUT2D eigenvalue weighted by Gasteiger charge is -2.17. The molecule has 0 bridgehead atoms. The summed E-state index contributed by atoms with van der Waals surface area (Å²) in [7, 11) is 0. The van der Waals surface area contributed by atoms with Crippen LogP contribution in [0.5, 0.6) is 0 Å². The number of nitrogens with one attached hydrogen (secondary N) is 2. The predicted octanol–water partition coefficient (Wildman–Crippen LogP) is 5.40. The third-order valence-corrected chi connectivity index (χ3v) is 8.89. The van der Waals surface area contributed by atoms with Crippen molar-refractivity contribution in [3.8, 4) is 0 Å². The number of fused-ring (bicyclic) bond motifs is 4. The van der Waals surface area contributed by atoms with Crippen molar-refractivity contribution < 1.29 is 4.79 Å². The van der Waals surface area contributed by atoms with Crippen LogP contribution in [0, 0.1) is 5.92 Å². The first-order chi connectivity index (χ1) is 16.5. The molecule has 1 aromatic carbocycles. The van der Waals surface area contributed by atoms with Crippen molar-refractivity contribution in [2.75, 3.05) is 0 Å².